The highest BCUT2D eigenvalue weighted by Crippen LogP contribution is 2.33. The van der Waals surface area contributed by atoms with Crippen LogP contribution in [0.15, 0.2) is 37.2 Å². The molecule has 3 aromatic rings. The smallest absolute Gasteiger partial charge is 0.166 e. The molecule has 6 nitrogen and oxygen atoms in total. The molecule has 2 bridgehead atoms. The summed E-state index contributed by atoms with van der Waals surface area (Å²) >= 11 is 6.29. The summed E-state index contributed by atoms with van der Waals surface area (Å²) in [5, 5.41) is 7.83. The second-order valence-corrected chi connectivity index (χ2v) is 7.37. The molecule has 0 aliphatic carbocycles. The molecule has 146 valence electrons. The summed E-state index contributed by atoms with van der Waals surface area (Å²) in [5.74, 6) is 0.848. The van der Waals surface area contributed by atoms with Gasteiger partial charge in [-0.15, -0.1) is 0 Å². The number of anilines is 1. The van der Waals surface area contributed by atoms with Crippen molar-refractivity contribution in [3.63, 3.8) is 0 Å². The van der Waals surface area contributed by atoms with Crippen LogP contribution in [0.1, 0.15) is 25.0 Å². The van der Waals surface area contributed by atoms with Crippen molar-refractivity contribution in [1.29, 1.82) is 0 Å². The number of hydrogen-bond acceptors (Lipinski definition) is 5. The zero-order chi connectivity index (χ0) is 19.8. The highest BCUT2D eigenvalue weighted by atomic mass is 35.5. The molecule has 2 aromatic heterocycles. The molecule has 1 aromatic carbocycles. The van der Waals surface area contributed by atoms with E-state index in [4.69, 9.17) is 21.3 Å². The average Bonchev–Trinajstić information content (AvgIpc) is 3.06. The molecule has 8 heteroatoms. The quantitative estimate of drug-likeness (QED) is 0.670. The number of rotatable bonds is 1. The van der Waals surface area contributed by atoms with Gasteiger partial charge in [0.05, 0.1) is 16.8 Å². The van der Waals surface area contributed by atoms with Gasteiger partial charge in [0.1, 0.15) is 24.0 Å². The minimum absolute atomic E-state index is 0.114. The van der Waals surface area contributed by atoms with Crippen LogP contribution in [0.4, 0.5) is 10.2 Å². The van der Waals surface area contributed by atoms with Gasteiger partial charge in [-0.2, -0.15) is 5.10 Å². The third kappa shape index (κ3) is 3.38. The van der Waals surface area contributed by atoms with Gasteiger partial charge in [0.25, 0.3) is 0 Å². The van der Waals surface area contributed by atoms with Gasteiger partial charge >= 0.3 is 0 Å². The van der Waals surface area contributed by atoms with Crippen LogP contribution in [-0.4, -0.2) is 33.8 Å². The van der Waals surface area contributed by atoms with E-state index in [1.807, 2.05) is 12.3 Å². The number of ether oxygens (including phenoxy) is 1. The highest BCUT2D eigenvalue weighted by Gasteiger charge is 2.20. The number of nitrogens with zero attached hydrogens (tertiary/aromatic N) is 4. The Morgan fingerprint density at radius 3 is 2.96 bits per heavy atom. The van der Waals surface area contributed by atoms with Crippen molar-refractivity contribution in [3.8, 4) is 5.75 Å². The Bertz CT molecular complexity index is 1050. The fourth-order valence-electron chi connectivity index (χ4n) is 3.29. The molecule has 4 rings (SSSR count). The molecule has 1 aliphatic rings. The molecule has 28 heavy (non-hydrogen) atoms. The molecule has 0 unspecified atom stereocenters. The lowest BCUT2D eigenvalue weighted by atomic mass is 10.1. The number of halogens is 2. The lowest BCUT2D eigenvalue weighted by molar-refractivity contribution is 0.317. The molecule has 1 aliphatic heterocycles. The summed E-state index contributed by atoms with van der Waals surface area (Å²) in [5.41, 5.74) is 2.92. The Morgan fingerprint density at radius 2 is 2.18 bits per heavy atom. The van der Waals surface area contributed by atoms with Crippen molar-refractivity contribution in [2.24, 2.45) is 0 Å². The summed E-state index contributed by atoms with van der Waals surface area (Å²) < 4.78 is 21.7. The Hall–Kier alpha value is -2.80. The number of hydrogen-bond donors (Lipinski definition) is 1. The van der Waals surface area contributed by atoms with E-state index in [-0.39, 0.29) is 11.1 Å². The third-order valence-electron chi connectivity index (χ3n) is 4.71. The van der Waals surface area contributed by atoms with Crippen molar-refractivity contribution < 1.29 is 9.13 Å². The van der Waals surface area contributed by atoms with E-state index in [9.17, 15) is 4.39 Å². The van der Waals surface area contributed by atoms with Crippen LogP contribution in [-0.2, 0) is 6.54 Å². The van der Waals surface area contributed by atoms with E-state index >= 15 is 0 Å². The molecule has 1 N–H and O–H groups in total. The molecule has 0 saturated carbocycles. The maximum atomic E-state index is 14.1. The third-order valence-corrected chi connectivity index (χ3v) is 4.99. The van der Waals surface area contributed by atoms with Crippen LogP contribution >= 0.6 is 11.6 Å². The predicted molar refractivity (Wildman–Crippen MR) is 108 cm³/mol. The van der Waals surface area contributed by atoms with E-state index in [2.05, 4.69) is 35.7 Å². The Labute approximate surface area is 167 Å². The molecule has 0 atom stereocenters. The summed E-state index contributed by atoms with van der Waals surface area (Å²) in [6.07, 6.45) is 3.60. The second-order valence-electron chi connectivity index (χ2n) is 6.96. The van der Waals surface area contributed by atoms with Crippen LogP contribution in [0, 0.1) is 5.82 Å². The van der Waals surface area contributed by atoms with Crippen molar-refractivity contribution in [1.82, 2.24) is 19.9 Å². The number of nitrogens with one attached hydrogen (secondary N) is 1. The summed E-state index contributed by atoms with van der Waals surface area (Å²) in [6, 6.07) is 4.74. The fourth-order valence-corrected chi connectivity index (χ4v) is 3.57. The SMILES string of the molecule is C=C1NCCOc2c(Cl)cc(F)cc2CN(C(C)C)c2ccn3ncc1c3n2. The minimum Gasteiger partial charge on any atom is -0.490 e. The first-order valence-electron chi connectivity index (χ1n) is 9.09. The molecule has 0 saturated heterocycles. The first-order chi connectivity index (χ1) is 13.4. The minimum atomic E-state index is -0.395. The Kier molecular flexibility index (Phi) is 4.85. The van der Waals surface area contributed by atoms with Crippen LogP contribution in [0.5, 0.6) is 5.75 Å². The number of fused-ring (bicyclic) bond motifs is 2. The Morgan fingerprint density at radius 1 is 1.36 bits per heavy atom. The Balaban J connectivity index is 1.87. The molecular weight excluding hydrogens is 381 g/mol. The van der Waals surface area contributed by atoms with Crippen molar-refractivity contribution in [2.75, 3.05) is 18.1 Å². The predicted octanol–water partition coefficient (Wildman–Crippen LogP) is 3.89. The van der Waals surface area contributed by atoms with E-state index < -0.39 is 5.82 Å². The normalized spacial score (nSPS) is 14.9. The first-order valence-corrected chi connectivity index (χ1v) is 9.46. The van der Waals surface area contributed by atoms with Gasteiger partial charge in [0.15, 0.2) is 5.65 Å². The van der Waals surface area contributed by atoms with Crippen molar-refractivity contribution in [3.05, 3.63) is 59.1 Å². The van der Waals surface area contributed by atoms with E-state index in [0.717, 1.165) is 11.4 Å². The van der Waals surface area contributed by atoms with Gasteiger partial charge in [-0.3, -0.25) is 0 Å². The molecule has 0 radical (unpaired) electrons. The van der Waals surface area contributed by atoms with Crippen molar-refractivity contribution >= 4 is 28.8 Å². The average molecular weight is 402 g/mol. The van der Waals surface area contributed by atoms with Crippen LogP contribution < -0.4 is 15.0 Å². The molecule has 0 spiro atoms. The zero-order valence-electron chi connectivity index (χ0n) is 15.7. The topological polar surface area (TPSA) is 54.7 Å². The summed E-state index contributed by atoms with van der Waals surface area (Å²) in [4.78, 5) is 6.88. The van der Waals surface area contributed by atoms with Crippen molar-refractivity contribution in [2.45, 2.75) is 26.4 Å². The number of aromatic nitrogens is 3. The fraction of sp³-hybridized carbons (Fsp3) is 0.300. The standard InChI is InChI=1S/C20H21ClFN5O/c1-12(2)26-11-14-8-15(22)9-17(21)19(14)28-7-5-23-13(3)16-10-24-27-6-4-18(26)25-20(16)27/h4,6,8-10,12,23H,3,5,7,11H2,1-2H3. The van der Waals surface area contributed by atoms with Crippen LogP contribution in [0.2, 0.25) is 5.02 Å². The van der Waals surface area contributed by atoms with Gasteiger partial charge in [-0.25, -0.2) is 13.9 Å². The second kappa shape index (κ2) is 7.31. The van der Waals surface area contributed by atoms with Gasteiger partial charge in [0, 0.05) is 36.6 Å². The maximum absolute atomic E-state index is 14.1. The lowest BCUT2D eigenvalue weighted by Gasteiger charge is -2.29. The van der Waals surface area contributed by atoms with E-state index in [0.29, 0.717) is 42.4 Å². The molecule has 0 fully saturated rings. The highest BCUT2D eigenvalue weighted by molar-refractivity contribution is 6.32. The zero-order valence-corrected chi connectivity index (χ0v) is 16.5. The lowest BCUT2D eigenvalue weighted by Crippen LogP contribution is -2.31. The molecule has 3 heterocycles. The van der Waals surface area contributed by atoms with E-state index in [1.54, 1.807) is 10.7 Å². The van der Waals surface area contributed by atoms with Gasteiger partial charge in [-0.1, -0.05) is 18.2 Å². The first kappa shape index (κ1) is 18.6. The molecule has 0 amide bonds. The summed E-state index contributed by atoms with van der Waals surface area (Å²) in [7, 11) is 0. The largest absolute Gasteiger partial charge is 0.490 e. The van der Waals surface area contributed by atoms with Gasteiger partial charge in [-0.05, 0) is 32.0 Å². The van der Waals surface area contributed by atoms with Gasteiger partial charge < -0.3 is 15.0 Å². The summed E-state index contributed by atoms with van der Waals surface area (Å²) in [6.45, 7) is 9.49. The van der Waals surface area contributed by atoms with Crippen LogP contribution in [0.25, 0.3) is 11.3 Å². The monoisotopic (exact) mass is 401 g/mol. The number of benzene rings is 1. The van der Waals surface area contributed by atoms with Gasteiger partial charge in [0.2, 0.25) is 0 Å². The van der Waals surface area contributed by atoms with E-state index in [1.165, 1.54) is 12.1 Å². The molecular formula is C20H21ClFN5O. The van der Waals surface area contributed by atoms with Crippen LogP contribution in [0.3, 0.4) is 0 Å². The maximum Gasteiger partial charge on any atom is 0.166 e.